The molecule has 0 amide bonds. The van der Waals surface area contributed by atoms with Gasteiger partial charge in [-0.15, -0.1) is 0 Å². The molecule has 1 saturated heterocycles. The van der Waals surface area contributed by atoms with Crippen LogP contribution in [0.1, 0.15) is 36.8 Å². The normalized spacial score (nSPS) is 24.5. The van der Waals surface area contributed by atoms with E-state index in [1.807, 2.05) is 31.2 Å². The number of aryl methyl sites for hydroxylation is 1. The summed E-state index contributed by atoms with van der Waals surface area (Å²) >= 11 is 0. The smallest absolute Gasteiger partial charge is 0.185 e. The van der Waals surface area contributed by atoms with Crippen molar-refractivity contribution < 1.29 is 9.53 Å². The van der Waals surface area contributed by atoms with E-state index >= 15 is 0 Å². The third kappa shape index (κ3) is 2.30. The molecule has 2 rings (SSSR count). The van der Waals surface area contributed by atoms with E-state index in [4.69, 9.17) is 4.74 Å². The number of Topliss-reactive ketones (excluding diaryl/α,β-unsaturated/α-hetero) is 1. The van der Waals surface area contributed by atoms with Crippen molar-refractivity contribution in [1.29, 1.82) is 5.26 Å². The van der Waals surface area contributed by atoms with Crippen molar-refractivity contribution in [2.75, 3.05) is 6.61 Å². The van der Waals surface area contributed by atoms with Gasteiger partial charge in [0.25, 0.3) is 0 Å². The lowest BCUT2D eigenvalue weighted by Gasteiger charge is -2.24. The Hall–Kier alpha value is -1.66. The topological polar surface area (TPSA) is 50.1 Å². The predicted octanol–water partition coefficient (Wildman–Crippen LogP) is 2.74. The minimum atomic E-state index is -0.786. The lowest BCUT2D eigenvalue weighted by molar-refractivity contribution is -0.137. The molecule has 1 aliphatic heterocycles. The summed E-state index contributed by atoms with van der Waals surface area (Å²) in [5.74, 6) is -0.847. The molecular formula is C15H17NO2. The maximum atomic E-state index is 12.4. The lowest BCUT2D eigenvalue weighted by Crippen LogP contribution is -2.37. The molecule has 2 unspecified atom stereocenters. The van der Waals surface area contributed by atoms with Crippen LogP contribution in [-0.2, 0) is 9.53 Å². The van der Waals surface area contributed by atoms with Crippen LogP contribution >= 0.6 is 0 Å². The van der Waals surface area contributed by atoms with Gasteiger partial charge in [-0.1, -0.05) is 29.8 Å². The molecule has 1 aliphatic rings. The van der Waals surface area contributed by atoms with Crippen LogP contribution in [0.4, 0.5) is 0 Å². The van der Waals surface area contributed by atoms with Crippen molar-refractivity contribution in [3.63, 3.8) is 0 Å². The summed E-state index contributed by atoms with van der Waals surface area (Å²) in [5.41, 5.74) is 1.08. The highest BCUT2D eigenvalue weighted by molar-refractivity contribution is 5.95. The number of carbonyl (C=O) groups excluding carboxylic acids is 1. The van der Waals surface area contributed by atoms with Crippen LogP contribution in [-0.4, -0.2) is 18.0 Å². The van der Waals surface area contributed by atoms with Gasteiger partial charge in [0.15, 0.2) is 5.78 Å². The number of carbonyl (C=O) groups is 1. The molecule has 0 radical (unpaired) electrons. The van der Waals surface area contributed by atoms with Crippen molar-refractivity contribution in [2.45, 2.75) is 38.2 Å². The second-order valence-corrected chi connectivity index (χ2v) is 5.02. The first-order valence-corrected chi connectivity index (χ1v) is 6.21. The fourth-order valence-electron chi connectivity index (χ4n) is 2.32. The summed E-state index contributed by atoms with van der Waals surface area (Å²) in [5, 5.41) is 9.27. The van der Waals surface area contributed by atoms with Crippen LogP contribution in [0.25, 0.3) is 0 Å². The molecule has 0 aromatic heterocycles. The monoisotopic (exact) mass is 243 g/mol. The lowest BCUT2D eigenvalue weighted by atomic mass is 9.84. The summed E-state index contributed by atoms with van der Waals surface area (Å²) in [7, 11) is 0. The number of ketones is 1. The van der Waals surface area contributed by atoms with Crippen LogP contribution in [0, 0.1) is 18.3 Å². The van der Waals surface area contributed by atoms with Gasteiger partial charge in [0.05, 0.1) is 6.07 Å². The summed E-state index contributed by atoms with van der Waals surface area (Å²) in [6, 6.07) is 9.65. The van der Waals surface area contributed by atoms with Crippen molar-refractivity contribution in [2.24, 2.45) is 0 Å². The summed E-state index contributed by atoms with van der Waals surface area (Å²) in [6.45, 7) is 4.38. The van der Waals surface area contributed by atoms with E-state index in [1.54, 1.807) is 6.92 Å². The average molecular weight is 243 g/mol. The fraction of sp³-hybridized carbons (Fsp3) is 0.467. The largest absolute Gasteiger partial charge is 0.367 e. The van der Waals surface area contributed by atoms with E-state index in [0.29, 0.717) is 13.0 Å². The Bertz CT molecular complexity index is 478. The second-order valence-electron chi connectivity index (χ2n) is 5.02. The fourth-order valence-corrected chi connectivity index (χ4v) is 2.32. The van der Waals surface area contributed by atoms with Crippen molar-refractivity contribution in [1.82, 2.24) is 0 Å². The van der Waals surface area contributed by atoms with E-state index in [1.165, 1.54) is 0 Å². The molecular weight excluding hydrogens is 226 g/mol. The standard InChI is InChI=1S/C15H17NO2/c1-11-4-6-12(7-5-11)13(10-16)14(17)15(2)8-3-9-18-15/h4-7,13H,3,8-9H2,1-2H3. The third-order valence-electron chi connectivity index (χ3n) is 3.54. The van der Waals surface area contributed by atoms with Crippen LogP contribution in [0.5, 0.6) is 0 Å². The minimum absolute atomic E-state index is 0.119. The number of hydrogen-bond donors (Lipinski definition) is 0. The zero-order chi connectivity index (χ0) is 13.2. The Morgan fingerprint density at radius 1 is 1.44 bits per heavy atom. The van der Waals surface area contributed by atoms with E-state index in [9.17, 15) is 10.1 Å². The minimum Gasteiger partial charge on any atom is -0.367 e. The van der Waals surface area contributed by atoms with Gasteiger partial charge in [0.1, 0.15) is 11.5 Å². The highest BCUT2D eigenvalue weighted by Crippen LogP contribution is 2.32. The third-order valence-corrected chi connectivity index (χ3v) is 3.54. The quantitative estimate of drug-likeness (QED) is 0.820. The van der Waals surface area contributed by atoms with Crippen LogP contribution < -0.4 is 0 Å². The van der Waals surface area contributed by atoms with Gasteiger partial charge >= 0.3 is 0 Å². The first-order valence-electron chi connectivity index (χ1n) is 6.21. The number of rotatable bonds is 3. The van der Waals surface area contributed by atoms with Crippen LogP contribution in [0.2, 0.25) is 0 Å². The number of hydrogen-bond acceptors (Lipinski definition) is 3. The van der Waals surface area contributed by atoms with Gasteiger partial charge in [-0.3, -0.25) is 4.79 Å². The molecule has 1 aromatic rings. The summed E-state index contributed by atoms with van der Waals surface area (Å²) in [4.78, 5) is 12.4. The average Bonchev–Trinajstić information content (AvgIpc) is 2.81. The van der Waals surface area contributed by atoms with Crippen LogP contribution in [0.15, 0.2) is 24.3 Å². The SMILES string of the molecule is Cc1ccc(C(C#N)C(=O)C2(C)CCCO2)cc1. The molecule has 0 spiro atoms. The molecule has 0 N–H and O–H groups in total. The van der Waals surface area contributed by atoms with Crippen molar-refractivity contribution in [3.8, 4) is 6.07 Å². The number of nitriles is 1. The molecule has 94 valence electrons. The second kappa shape index (κ2) is 4.91. The Balaban J connectivity index is 2.26. The Morgan fingerprint density at radius 2 is 2.11 bits per heavy atom. The van der Waals surface area contributed by atoms with Crippen molar-refractivity contribution in [3.05, 3.63) is 35.4 Å². The molecule has 0 saturated carbocycles. The number of ether oxygens (including phenoxy) is 1. The summed E-state index contributed by atoms with van der Waals surface area (Å²) < 4.78 is 5.53. The zero-order valence-electron chi connectivity index (χ0n) is 10.8. The summed E-state index contributed by atoms with van der Waals surface area (Å²) in [6.07, 6.45) is 1.59. The van der Waals surface area contributed by atoms with Gasteiger partial charge < -0.3 is 4.74 Å². The van der Waals surface area contributed by atoms with Gasteiger partial charge in [-0.25, -0.2) is 0 Å². The Morgan fingerprint density at radius 3 is 2.61 bits per heavy atom. The van der Waals surface area contributed by atoms with Gasteiger partial charge in [0, 0.05) is 6.61 Å². The number of nitrogens with zero attached hydrogens (tertiary/aromatic N) is 1. The molecule has 1 fully saturated rings. The van der Waals surface area contributed by atoms with Crippen molar-refractivity contribution >= 4 is 5.78 Å². The highest BCUT2D eigenvalue weighted by atomic mass is 16.5. The molecule has 2 atom stereocenters. The molecule has 1 heterocycles. The Labute approximate surface area is 107 Å². The molecule has 0 bridgehead atoms. The van der Waals surface area contributed by atoms with Gasteiger partial charge in [0.2, 0.25) is 0 Å². The van der Waals surface area contributed by atoms with E-state index in [0.717, 1.165) is 17.5 Å². The first kappa shape index (κ1) is 12.8. The molecule has 3 heteroatoms. The van der Waals surface area contributed by atoms with E-state index < -0.39 is 11.5 Å². The molecule has 18 heavy (non-hydrogen) atoms. The van der Waals surface area contributed by atoms with Crippen LogP contribution in [0.3, 0.4) is 0 Å². The van der Waals surface area contributed by atoms with Gasteiger partial charge in [-0.05, 0) is 32.3 Å². The zero-order valence-corrected chi connectivity index (χ0v) is 10.8. The molecule has 1 aromatic carbocycles. The first-order chi connectivity index (χ1) is 8.57. The Kier molecular flexibility index (Phi) is 3.49. The molecule has 0 aliphatic carbocycles. The molecule has 3 nitrogen and oxygen atoms in total. The van der Waals surface area contributed by atoms with E-state index in [2.05, 4.69) is 6.07 Å². The van der Waals surface area contributed by atoms with Gasteiger partial charge in [-0.2, -0.15) is 5.26 Å². The predicted molar refractivity (Wildman–Crippen MR) is 68.1 cm³/mol. The number of benzene rings is 1. The maximum absolute atomic E-state index is 12.4. The van der Waals surface area contributed by atoms with E-state index in [-0.39, 0.29) is 5.78 Å². The maximum Gasteiger partial charge on any atom is 0.185 e. The highest BCUT2D eigenvalue weighted by Gasteiger charge is 2.42.